The zero-order chi connectivity index (χ0) is 18.0. The zero-order valence-corrected chi connectivity index (χ0v) is 15.1. The van der Waals surface area contributed by atoms with Gasteiger partial charge < -0.3 is 9.30 Å². The summed E-state index contributed by atoms with van der Waals surface area (Å²) >= 11 is 1.39. The lowest BCUT2D eigenvalue weighted by molar-refractivity contribution is -0.141. The highest BCUT2D eigenvalue weighted by Gasteiger charge is 2.13. The summed E-state index contributed by atoms with van der Waals surface area (Å²) in [5.41, 5.74) is 3.65. The topological polar surface area (TPSA) is 60.7 Å². The molecule has 0 N–H and O–H groups in total. The van der Waals surface area contributed by atoms with Crippen molar-refractivity contribution in [2.24, 2.45) is 4.99 Å². The lowest BCUT2D eigenvalue weighted by atomic mass is 10.1. The van der Waals surface area contributed by atoms with Crippen molar-refractivity contribution >= 4 is 33.4 Å². The van der Waals surface area contributed by atoms with Gasteiger partial charge in [0, 0.05) is 5.56 Å². The van der Waals surface area contributed by atoms with Crippen LogP contribution in [-0.4, -0.2) is 23.6 Å². The predicted molar refractivity (Wildman–Crippen MR) is 97.6 cm³/mol. The summed E-state index contributed by atoms with van der Waals surface area (Å²) in [6, 6.07) is 12.9. The molecule has 0 radical (unpaired) electrons. The minimum Gasteiger partial charge on any atom is -0.468 e. The Balaban J connectivity index is 2.19. The molecule has 128 valence electrons. The van der Waals surface area contributed by atoms with Gasteiger partial charge in [0.2, 0.25) is 0 Å². The molecule has 1 aromatic heterocycles. The van der Waals surface area contributed by atoms with Gasteiger partial charge in [0.15, 0.2) is 4.80 Å². The fraction of sp³-hybridized carbons (Fsp3) is 0.211. The van der Waals surface area contributed by atoms with Gasteiger partial charge in [0.1, 0.15) is 6.54 Å². The summed E-state index contributed by atoms with van der Waals surface area (Å²) in [5.74, 6) is -0.717. The molecule has 0 unspecified atom stereocenters. The second-order valence-electron chi connectivity index (χ2n) is 5.73. The minimum atomic E-state index is -0.383. The summed E-state index contributed by atoms with van der Waals surface area (Å²) in [4.78, 5) is 29.0. The number of hydrogen-bond acceptors (Lipinski definition) is 4. The van der Waals surface area contributed by atoms with Gasteiger partial charge in [0.25, 0.3) is 5.91 Å². The van der Waals surface area contributed by atoms with E-state index in [2.05, 4.69) is 11.1 Å². The molecule has 0 bridgehead atoms. The Labute approximate surface area is 149 Å². The van der Waals surface area contributed by atoms with Crippen LogP contribution in [0, 0.1) is 13.8 Å². The fourth-order valence-corrected chi connectivity index (χ4v) is 3.59. The third-order valence-corrected chi connectivity index (χ3v) is 5.07. The molecule has 6 heteroatoms. The number of nitrogens with zero attached hydrogens (tertiary/aromatic N) is 2. The third kappa shape index (κ3) is 3.53. The molecule has 0 saturated heterocycles. The molecule has 1 heterocycles. The molecule has 25 heavy (non-hydrogen) atoms. The van der Waals surface area contributed by atoms with Crippen LogP contribution in [0.3, 0.4) is 0 Å². The van der Waals surface area contributed by atoms with E-state index in [1.165, 1.54) is 18.4 Å². The number of fused-ring (bicyclic) bond motifs is 1. The average Bonchev–Trinajstić information content (AvgIpc) is 2.92. The number of hydrogen-bond donors (Lipinski definition) is 0. The van der Waals surface area contributed by atoms with Crippen molar-refractivity contribution in [3.05, 3.63) is 64.0 Å². The van der Waals surface area contributed by atoms with Crippen LogP contribution in [0.5, 0.6) is 0 Å². The van der Waals surface area contributed by atoms with E-state index in [4.69, 9.17) is 4.74 Å². The van der Waals surface area contributed by atoms with Crippen molar-refractivity contribution < 1.29 is 14.3 Å². The van der Waals surface area contributed by atoms with Gasteiger partial charge in [-0.1, -0.05) is 29.5 Å². The van der Waals surface area contributed by atoms with Crippen molar-refractivity contribution in [1.82, 2.24) is 4.57 Å². The monoisotopic (exact) mass is 354 g/mol. The maximum absolute atomic E-state index is 12.4. The largest absolute Gasteiger partial charge is 0.468 e. The Bertz CT molecular complexity index is 1020. The van der Waals surface area contributed by atoms with Crippen molar-refractivity contribution in [1.29, 1.82) is 0 Å². The van der Waals surface area contributed by atoms with Crippen LogP contribution < -0.4 is 4.80 Å². The van der Waals surface area contributed by atoms with Gasteiger partial charge in [0.05, 0.1) is 17.3 Å². The molecule has 0 fully saturated rings. The maximum Gasteiger partial charge on any atom is 0.325 e. The first kappa shape index (κ1) is 17.1. The number of carbonyl (C=O) groups is 2. The molecule has 2 aromatic carbocycles. The molecule has 1 amide bonds. The Morgan fingerprint density at radius 1 is 1.12 bits per heavy atom. The number of thiazole rings is 1. The summed E-state index contributed by atoms with van der Waals surface area (Å²) in [7, 11) is 1.35. The van der Waals surface area contributed by atoms with Crippen molar-refractivity contribution in [2.45, 2.75) is 20.4 Å². The molecule has 0 spiro atoms. The lowest BCUT2D eigenvalue weighted by Gasteiger charge is -2.05. The van der Waals surface area contributed by atoms with E-state index >= 15 is 0 Å². The standard InChI is InChI=1S/C19H18N2O3S/c1-12-9-15-16(10-13(12)2)25-19(21(15)11-17(22)24-3)20-18(23)14-7-5-4-6-8-14/h4-10H,11H2,1-3H3. The van der Waals surface area contributed by atoms with Gasteiger partial charge in [-0.25, -0.2) is 0 Å². The van der Waals surface area contributed by atoms with E-state index in [1.807, 2.05) is 26.0 Å². The Morgan fingerprint density at radius 3 is 2.48 bits per heavy atom. The normalized spacial score (nSPS) is 11.7. The van der Waals surface area contributed by atoms with E-state index in [0.29, 0.717) is 10.4 Å². The van der Waals surface area contributed by atoms with Crippen LogP contribution in [0.25, 0.3) is 10.2 Å². The zero-order valence-electron chi connectivity index (χ0n) is 14.3. The number of amides is 1. The maximum atomic E-state index is 12.4. The highest BCUT2D eigenvalue weighted by molar-refractivity contribution is 7.16. The van der Waals surface area contributed by atoms with Crippen molar-refractivity contribution in [2.75, 3.05) is 7.11 Å². The van der Waals surface area contributed by atoms with E-state index in [1.54, 1.807) is 28.8 Å². The minimum absolute atomic E-state index is 0.0138. The van der Waals surface area contributed by atoms with Crippen LogP contribution in [0.2, 0.25) is 0 Å². The number of ether oxygens (including phenoxy) is 1. The number of benzene rings is 2. The SMILES string of the molecule is COC(=O)Cn1c(=NC(=O)c2ccccc2)sc2cc(C)c(C)cc21. The number of carbonyl (C=O) groups excluding carboxylic acids is 2. The van der Waals surface area contributed by atoms with Gasteiger partial charge in [-0.3, -0.25) is 9.59 Å². The second-order valence-corrected chi connectivity index (χ2v) is 6.74. The van der Waals surface area contributed by atoms with E-state index in [0.717, 1.165) is 21.3 Å². The first-order valence-corrected chi connectivity index (χ1v) is 8.62. The third-order valence-electron chi connectivity index (χ3n) is 4.03. The summed E-state index contributed by atoms with van der Waals surface area (Å²) < 4.78 is 7.50. The highest BCUT2D eigenvalue weighted by atomic mass is 32.1. The molecule has 0 aliphatic heterocycles. The van der Waals surface area contributed by atoms with Crippen LogP contribution in [0.1, 0.15) is 21.5 Å². The average molecular weight is 354 g/mol. The predicted octanol–water partition coefficient (Wildman–Crippen LogP) is 3.23. The van der Waals surface area contributed by atoms with E-state index in [9.17, 15) is 9.59 Å². The van der Waals surface area contributed by atoms with Gasteiger partial charge in [-0.2, -0.15) is 4.99 Å². The van der Waals surface area contributed by atoms with Gasteiger partial charge in [-0.05, 0) is 49.2 Å². The Hall–Kier alpha value is -2.73. The van der Waals surface area contributed by atoms with E-state index < -0.39 is 0 Å². The van der Waals surface area contributed by atoms with Gasteiger partial charge >= 0.3 is 5.97 Å². The van der Waals surface area contributed by atoms with E-state index in [-0.39, 0.29) is 18.4 Å². The van der Waals surface area contributed by atoms with Crippen molar-refractivity contribution in [3.63, 3.8) is 0 Å². The summed E-state index contributed by atoms with van der Waals surface area (Å²) in [6.45, 7) is 4.06. The number of aromatic nitrogens is 1. The summed E-state index contributed by atoms with van der Waals surface area (Å²) in [6.07, 6.45) is 0. The molecule has 3 aromatic rings. The fourth-order valence-electron chi connectivity index (χ4n) is 2.49. The van der Waals surface area contributed by atoms with Crippen LogP contribution in [0.4, 0.5) is 0 Å². The van der Waals surface area contributed by atoms with Crippen LogP contribution >= 0.6 is 11.3 Å². The van der Waals surface area contributed by atoms with Crippen molar-refractivity contribution in [3.8, 4) is 0 Å². The quantitative estimate of drug-likeness (QED) is 0.679. The molecule has 0 saturated carbocycles. The molecule has 0 aliphatic rings. The first-order chi connectivity index (χ1) is 12.0. The Morgan fingerprint density at radius 2 is 1.80 bits per heavy atom. The lowest BCUT2D eigenvalue weighted by Crippen LogP contribution is -2.22. The number of rotatable bonds is 3. The molecular weight excluding hydrogens is 336 g/mol. The molecule has 0 aliphatic carbocycles. The molecule has 0 atom stereocenters. The van der Waals surface area contributed by atoms with Crippen LogP contribution in [0.15, 0.2) is 47.5 Å². The van der Waals surface area contributed by atoms with Crippen LogP contribution in [-0.2, 0) is 16.1 Å². The first-order valence-electron chi connectivity index (χ1n) is 7.81. The molecule has 3 rings (SSSR count). The molecule has 5 nitrogen and oxygen atoms in total. The number of esters is 1. The molecular formula is C19H18N2O3S. The Kier molecular flexibility index (Phi) is 4.81. The second kappa shape index (κ2) is 7.03. The summed E-state index contributed by atoms with van der Waals surface area (Å²) in [5, 5.41) is 0. The smallest absolute Gasteiger partial charge is 0.325 e. The van der Waals surface area contributed by atoms with Gasteiger partial charge in [-0.15, -0.1) is 0 Å². The number of aryl methyl sites for hydroxylation is 2. The highest BCUT2D eigenvalue weighted by Crippen LogP contribution is 2.22. The number of methoxy groups -OCH3 is 1.